The first kappa shape index (κ1) is 12.0. The van der Waals surface area contributed by atoms with Gasteiger partial charge < -0.3 is 0 Å². The van der Waals surface area contributed by atoms with Crippen LogP contribution < -0.4 is 0 Å². The smallest absolute Gasteiger partial charge is 0.233 e. The second-order valence-corrected chi connectivity index (χ2v) is 6.03. The Morgan fingerprint density at radius 2 is 2.25 bits per heavy atom. The second-order valence-electron chi connectivity index (χ2n) is 5.06. The Morgan fingerprint density at radius 1 is 1.30 bits per heavy atom. The topological polar surface area (TPSA) is 46.3 Å². The lowest BCUT2D eigenvalue weighted by Gasteiger charge is -2.24. The highest BCUT2D eigenvalue weighted by Gasteiger charge is 2.28. The number of imidazole rings is 1. The summed E-state index contributed by atoms with van der Waals surface area (Å²) in [5.41, 5.74) is 3.19. The maximum Gasteiger partial charge on any atom is 0.233 e. The molecule has 1 atom stereocenters. The number of rotatable bonds is 3. The fraction of sp³-hybridized carbons (Fsp3) is 0.357. The van der Waals surface area contributed by atoms with Crippen molar-refractivity contribution in [3.05, 3.63) is 46.9 Å². The third-order valence-corrected chi connectivity index (χ3v) is 4.65. The van der Waals surface area contributed by atoms with E-state index >= 15 is 0 Å². The van der Waals surface area contributed by atoms with Crippen molar-refractivity contribution >= 4 is 17.1 Å². The second kappa shape index (κ2) is 4.96. The van der Waals surface area contributed by atoms with Crippen LogP contribution in [0, 0.1) is 0 Å². The predicted octanol–water partition coefficient (Wildman–Crippen LogP) is 2.52. The number of nitrogens with zero attached hydrogens (tertiary/aromatic N) is 5. The number of likely N-dealkylation sites (tertiary alicyclic amines) is 1. The third-order valence-electron chi connectivity index (χ3n) is 3.88. The fourth-order valence-electron chi connectivity index (χ4n) is 3.00. The van der Waals surface area contributed by atoms with Gasteiger partial charge in [0.2, 0.25) is 5.78 Å². The molecule has 0 aliphatic carbocycles. The summed E-state index contributed by atoms with van der Waals surface area (Å²) in [6.07, 6.45) is 10.1. The number of fused-ring (bicyclic) bond motifs is 1. The van der Waals surface area contributed by atoms with Gasteiger partial charge in [-0.25, -0.2) is 9.97 Å². The van der Waals surface area contributed by atoms with E-state index in [0.29, 0.717) is 6.04 Å². The Balaban J connectivity index is 1.68. The van der Waals surface area contributed by atoms with Crippen LogP contribution in [-0.2, 0) is 6.54 Å². The molecule has 102 valence electrons. The molecule has 1 fully saturated rings. The van der Waals surface area contributed by atoms with Crippen molar-refractivity contribution in [3.8, 4) is 0 Å². The quantitative estimate of drug-likeness (QED) is 0.742. The van der Waals surface area contributed by atoms with E-state index in [0.717, 1.165) is 18.9 Å². The molecular formula is C14H15N5S. The van der Waals surface area contributed by atoms with E-state index in [1.807, 2.05) is 30.3 Å². The average molecular weight is 285 g/mol. The highest BCUT2D eigenvalue weighted by atomic mass is 32.1. The van der Waals surface area contributed by atoms with E-state index < -0.39 is 0 Å². The van der Waals surface area contributed by atoms with Crippen LogP contribution in [0.4, 0.5) is 0 Å². The van der Waals surface area contributed by atoms with Gasteiger partial charge in [0.1, 0.15) is 0 Å². The zero-order valence-corrected chi connectivity index (χ0v) is 11.8. The Hall–Kier alpha value is -1.79. The maximum absolute atomic E-state index is 4.30. The van der Waals surface area contributed by atoms with Crippen LogP contribution in [-0.4, -0.2) is 30.8 Å². The van der Waals surface area contributed by atoms with E-state index in [2.05, 4.69) is 30.3 Å². The number of thiazole rings is 1. The van der Waals surface area contributed by atoms with E-state index in [1.165, 1.54) is 23.4 Å². The van der Waals surface area contributed by atoms with Crippen LogP contribution in [0.25, 0.3) is 5.78 Å². The standard InChI is InChI=1S/C14H15N5S/c1-2-12(18(6-1)9-11-8-15-10-20-11)13-3-4-16-14-17-5-7-19(13)14/h3-5,7-8,10,12H,1-2,6,9H2/t12-/m1/s1. The van der Waals surface area contributed by atoms with Crippen LogP contribution in [0.1, 0.15) is 29.5 Å². The maximum atomic E-state index is 4.30. The van der Waals surface area contributed by atoms with Gasteiger partial charge in [-0.15, -0.1) is 11.3 Å². The highest BCUT2D eigenvalue weighted by Crippen LogP contribution is 2.33. The molecule has 0 saturated carbocycles. The molecule has 0 spiro atoms. The van der Waals surface area contributed by atoms with Gasteiger partial charge in [0.15, 0.2) is 0 Å². The van der Waals surface area contributed by atoms with Gasteiger partial charge >= 0.3 is 0 Å². The van der Waals surface area contributed by atoms with Crippen molar-refractivity contribution < 1.29 is 0 Å². The van der Waals surface area contributed by atoms with Gasteiger partial charge in [0, 0.05) is 41.9 Å². The summed E-state index contributed by atoms with van der Waals surface area (Å²) in [7, 11) is 0. The first-order valence-electron chi connectivity index (χ1n) is 6.81. The van der Waals surface area contributed by atoms with Gasteiger partial charge in [-0.3, -0.25) is 14.3 Å². The van der Waals surface area contributed by atoms with Crippen LogP contribution in [0.5, 0.6) is 0 Å². The van der Waals surface area contributed by atoms with Gasteiger partial charge in [-0.2, -0.15) is 0 Å². The number of aromatic nitrogens is 4. The fourth-order valence-corrected chi connectivity index (χ4v) is 3.61. The van der Waals surface area contributed by atoms with Crippen LogP contribution >= 0.6 is 11.3 Å². The van der Waals surface area contributed by atoms with Crippen LogP contribution in [0.3, 0.4) is 0 Å². The van der Waals surface area contributed by atoms with E-state index in [9.17, 15) is 0 Å². The van der Waals surface area contributed by atoms with Gasteiger partial charge in [-0.1, -0.05) is 0 Å². The van der Waals surface area contributed by atoms with Crippen LogP contribution in [0.2, 0.25) is 0 Å². The Labute approximate surface area is 120 Å². The summed E-state index contributed by atoms with van der Waals surface area (Å²) in [5, 5.41) is 0. The van der Waals surface area contributed by atoms with Crippen molar-refractivity contribution in [2.75, 3.05) is 6.54 Å². The van der Waals surface area contributed by atoms with Crippen molar-refractivity contribution in [1.29, 1.82) is 0 Å². The molecule has 0 amide bonds. The van der Waals surface area contributed by atoms with Gasteiger partial charge in [0.25, 0.3) is 0 Å². The predicted molar refractivity (Wildman–Crippen MR) is 77.5 cm³/mol. The molecule has 3 aromatic rings. The lowest BCUT2D eigenvalue weighted by Crippen LogP contribution is -2.23. The molecule has 6 heteroatoms. The normalized spacial score (nSPS) is 19.9. The average Bonchev–Trinajstić information content (AvgIpc) is 3.19. The summed E-state index contributed by atoms with van der Waals surface area (Å²) >= 11 is 1.73. The Morgan fingerprint density at radius 3 is 3.15 bits per heavy atom. The lowest BCUT2D eigenvalue weighted by atomic mass is 10.1. The largest absolute Gasteiger partial charge is 0.290 e. The minimum absolute atomic E-state index is 0.441. The molecule has 0 aromatic carbocycles. The van der Waals surface area contributed by atoms with Crippen molar-refractivity contribution in [2.24, 2.45) is 0 Å². The summed E-state index contributed by atoms with van der Waals surface area (Å²) < 4.78 is 2.11. The minimum Gasteiger partial charge on any atom is -0.290 e. The van der Waals surface area contributed by atoms with Crippen LogP contribution in [0.15, 0.2) is 36.4 Å². The molecule has 0 N–H and O–H groups in total. The Kier molecular flexibility index (Phi) is 2.97. The molecule has 1 aliphatic heterocycles. The zero-order valence-electron chi connectivity index (χ0n) is 11.0. The summed E-state index contributed by atoms with van der Waals surface area (Å²) in [6.45, 7) is 2.12. The SMILES string of the molecule is c1cc([C@H]2CCCN2Cc2cncs2)n2ccnc2n1. The molecule has 0 radical (unpaired) electrons. The molecule has 5 nitrogen and oxygen atoms in total. The first-order valence-corrected chi connectivity index (χ1v) is 7.69. The molecule has 0 unspecified atom stereocenters. The van der Waals surface area contributed by atoms with E-state index in [-0.39, 0.29) is 0 Å². The summed E-state index contributed by atoms with van der Waals surface area (Å²) in [5.74, 6) is 0.784. The Bertz CT molecular complexity index is 705. The first-order chi connectivity index (χ1) is 9.92. The van der Waals surface area contributed by atoms with E-state index in [4.69, 9.17) is 0 Å². The molecule has 4 heterocycles. The highest BCUT2D eigenvalue weighted by molar-refractivity contribution is 7.09. The molecule has 1 saturated heterocycles. The number of hydrogen-bond donors (Lipinski definition) is 0. The third kappa shape index (κ3) is 2.01. The van der Waals surface area contributed by atoms with Gasteiger partial charge in [-0.05, 0) is 25.5 Å². The molecular weight excluding hydrogens is 270 g/mol. The molecule has 1 aliphatic rings. The lowest BCUT2D eigenvalue weighted by molar-refractivity contribution is 0.245. The monoisotopic (exact) mass is 285 g/mol. The molecule has 3 aromatic heterocycles. The van der Waals surface area contributed by atoms with Crippen molar-refractivity contribution in [1.82, 2.24) is 24.3 Å². The molecule has 4 rings (SSSR count). The molecule has 20 heavy (non-hydrogen) atoms. The zero-order chi connectivity index (χ0) is 13.4. The van der Waals surface area contributed by atoms with Crippen molar-refractivity contribution in [3.63, 3.8) is 0 Å². The van der Waals surface area contributed by atoms with E-state index in [1.54, 1.807) is 11.3 Å². The minimum atomic E-state index is 0.441. The summed E-state index contributed by atoms with van der Waals surface area (Å²) in [4.78, 5) is 16.6. The molecule has 0 bridgehead atoms. The van der Waals surface area contributed by atoms with Gasteiger partial charge in [0.05, 0.1) is 11.6 Å². The van der Waals surface area contributed by atoms with Crippen molar-refractivity contribution in [2.45, 2.75) is 25.4 Å². The number of hydrogen-bond acceptors (Lipinski definition) is 5. The summed E-state index contributed by atoms with van der Waals surface area (Å²) in [6, 6.07) is 2.56.